The number of hydrogen-bond donors (Lipinski definition) is 1. The van der Waals surface area contributed by atoms with Crippen molar-refractivity contribution < 1.29 is 19.1 Å². The number of ether oxygens (including phenoxy) is 2. The van der Waals surface area contributed by atoms with Crippen molar-refractivity contribution in [1.29, 1.82) is 0 Å². The molecule has 1 amide bonds. The lowest BCUT2D eigenvalue weighted by molar-refractivity contribution is -0.150. The summed E-state index contributed by atoms with van der Waals surface area (Å²) in [6, 6.07) is -0.212. The molecule has 116 valence electrons. The summed E-state index contributed by atoms with van der Waals surface area (Å²) in [5.41, 5.74) is -1.61. The van der Waals surface area contributed by atoms with Gasteiger partial charge in [0.2, 0.25) is 0 Å². The summed E-state index contributed by atoms with van der Waals surface area (Å²) < 4.78 is 10.2. The van der Waals surface area contributed by atoms with Crippen molar-refractivity contribution in [3.63, 3.8) is 0 Å². The largest absolute Gasteiger partial charge is 0.448 e. The Morgan fingerprint density at radius 3 is 2.15 bits per heavy atom. The number of nitrogens with one attached hydrogen (secondary N) is 1. The van der Waals surface area contributed by atoms with Crippen LogP contribution < -0.4 is 5.32 Å². The minimum absolute atomic E-state index is 0.212. The summed E-state index contributed by atoms with van der Waals surface area (Å²) >= 11 is 5.47. The van der Waals surface area contributed by atoms with E-state index < -0.39 is 23.2 Å². The number of carbonyl (C=O) groups excluding carboxylic acids is 2. The van der Waals surface area contributed by atoms with Crippen LogP contribution in [0.3, 0.4) is 0 Å². The van der Waals surface area contributed by atoms with Crippen molar-refractivity contribution in [3.05, 3.63) is 0 Å². The molecule has 0 heterocycles. The van der Waals surface area contributed by atoms with E-state index in [0.29, 0.717) is 12.8 Å². The highest BCUT2D eigenvalue weighted by atomic mass is 35.5. The number of hydrogen-bond acceptors (Lipinski definition) is 4. The number of rotatable bonds is 3. The van der Waals surface area contributed by atoms with Crippen LogP contribution in [-0.2, 0) is 14.3 Å². The predicted octanol–water partition coefficient (Wildman–Crippen LogP) is 3.34. The number of amides is 1. The fourth-order valence-electron chi connectivity index (χ4n) is 2.40. The minimum atomic E-state index is -1.01. The second-order valence-electron chi connectivity index (χ2n) is 6.16. The van der Waals surface area contributed by atoms with E-state index in [1.807, 2.05) is 0 Å². The van der Waals surface area contributed by atoms with Crippen LogP contribution in [-0.4, -0.2) is 29.3 Å². The Kier molecular flexibility index (Phi) is 6.11. The average Bonchev–Trinajstić information content (AvgIpc) is 2.53. The second-order valence-corrected chi connectivity index (χ2v) is 6.38. The van der Waals surface area contributed by atoms with Crippen molar-refractivity contribution >= 4 is 23.7 Å². The third kappa shape index (κ3) is 5.19. The highest BCUT2D eigenvalue weighted by Gasteiger charge is 2.42. The fraction of sp³-hybridized carbons (Fsp3) is 0.857. The molecule has 0 aromatic rings. The maximum absolute atomic E-state index is 12.2. The van der Waals surface area contributed by atoms with Crippen molar-refractivity contribution in [1.82, 2.24) is 5.32 Å². The van der Waals surface area contributed by atoms with Crippen molar-refractivity contribution in [2.75, 3.05) is 6.07 Å². The van der Waals surface area contributed by atoms with Gasteiger partial charge in [-0.1, -0.05) is 37.3 Å². The molecule has 1 saturated carbocycles. The summed E-state index contributed by atoms with van der Waals surface area (Å²) in [6.07, 6.45) is 4.35. The molecule has 6 heteroatoms. The maximum Gasteiger partial charge on any atom is 0.408 e. The molecule has 0 spiro atoms. The number of esters is 1. The first-order valence-electron chi connectivity index (χ1n) is 7.03. The Morgan fingerprint density at radius 2 is 1.70 bits per heavy atom. The first-order valence-corrected chi connectivity index (χ1v) is 7.57. The summed E-state index contributed by atoms with van der Waals surface area (Å²) in [7, 11) is 0. The van der Waals surface area contributed by atoms with Gasteiger partial charge in [-0.05, 0) is 33.6 Å². The van der Waals surface area contributed by atoms with Crippen molar-refractivity contribution in [2.24, 2.45) is 0 Å². The van der Waals surface area contributed by atoms with E-state index in [1.165, 1.54) is 0 Å². The summed E-state index contributed by atoms with van der Waals surface area (Å²) in [5, 5.41) is 2.72. The Bertz CT molecular complexity index is 344. The molecule has 0 aliphatic heterocycles. The summed E-state index contributed by atoms with van der Waals surface area (Å²) in [4.78, 5) is 24.2. The molecule has 0 aromatic carbocycles. The smallest absolute Gasteiger partial charge is 0.408 e. The molecule has 0 atom stereocenters. The topological polar surface area (TPSA) is 64.6 Å². The van der Waals surface area contributed by atoms with Gasteiger partial charge in [-0.15, -0.1) is 0 Å². The SMILES string of the molecule is CC(C)(C)OC(=O)NC1(C(=O)OCCl)CCCCCC1. The molecule has 1 aliphatic carbocycles. The molecule has 5 nitrogen and oxygen atoms in total. The minimum Gasteiger partial charge on any atom is -0.448 e. The van der Waals surface area contributed by atoms with Gasteiger partial charge in [0.25, 0.3) is 0 Å². The second kappa shape index (κ2) is 7.16. The maximum atomic E-state index is 12.2. The van der Waals surface area contributed by atoms with Gasteiger partial charge < -0.3 is 14.8 Å². The highest BCUT2D eigenvalue weighted by molar-refractivity contribution is 6.17. The van der Waals surface area contributed by atoms with Crippen LogP contribution in [0.1, 0.15) is 59.3 Å². The van der Waals surface area contributed by atoms with Crippen molar-refractivity contribution in [2.45, 2.75) is 70.4 Å². The van der Waals surface area contributed by atoms with Crippen LogP contribution in [0.15, 0.2) is 0 Å². The van der Waals surface area contributed by atoms with Crippen LogP contribution in [0.2, 0.25) is 0 Å². The van der Waals surface area contributed by atoms with Gasteiger partial charge in [0.1, 0.15) is 11.1 Å². The molecule has 0 aromatic heterocycles. The Morgan fingerprint density at radius 1 is 1.15 bits per heavy atom. The van der Waals surface area contributed by atoms with E-state index in [-0.39, 0.29) is 6.07 Å². The normalized spacial score (nSPS) is 18.8. The Labute approximate surface area is 125 Å². The zero-order valence-corrected chi connectivity index (χ0v) is 13.2. The molecule has 1 rings (SSSR count). The Balaban J connectivity index is 2.81. The van der Waals surface area contributed by atoms with E-state index in [0.717, 1.165) is 25.7 Å². The van der Waals surface area contributed by atoms with Crippen molar-refractivity contribution in [3.8, 4) is 0 Å². The zero-order chi connectivity index (χ0) is 15.2. The number of carbonyl (C=O) groups is 2. The van der Waals surface area contributed by atoms with E-state index >= 15 is 0 Å². The number of halogens is 1. The molecule has 0 saturated heterocycles. The fourth-order valence-corrected chi connectivity index (χ4v) is 2.50. The first-order chi connectivity index (χ1) is 9.29. The lowest BCUT2D eigenvalue weighted by Gasteiger charge is -2.32. The van der Waals surface area contributed by atoms with E-state index in [9.17, 15) is 9.59 Å². The molecule has 0 bridgehead atoms. The standard InChI is InChI=1S/C14H24ClNO4/c1-13(2,3)20-12(18)16-14(11(17)19-10-15)8-6-4-5-7-9-14/h4-10H2,1-3H3,(H,16,18). The third-order valence-electron chi connectivity index (χ3n) is 3.27. The molecule has 1 fully saturated rings. The lowest BCUT2D eigenvalue weighted by atomic mass is 9.90. The van der Waals surface area contributed by atoms with Gasteiger partial charge in [-0.3, -0.25) is 0 Å². The van der Waals surface area contributed by atoms with E-state index in [1.54, 1.807) is 20.8 Å². The van der Waals surface area contributed by atoms with Crippen LogP contribution in [0, 0.1) is 0 Å². The van der Waals surface area contributed by atoms with E-state index in [4.69, 9.17) is 21.1 Å². The van der Waals surface area contributed by atoms with E-state index in [2.05, 4.69) is 5.32 Å². The third-order valence-corrected chi connectivity index (χ3v) is 3.38. The van der Waals surface area contributed by atoms with Gasteiger partial charge in [0.05, 0.1) is 0 Å². The van der Waals surface area contributed by atoms with Crippen LogP contribution >= 0.6 is 11.6 Å². The highest BCUT2D eigenvalue weighted by Crippen LogP contribution is 2.29. The average molecular weight is 306 g/mol. The first kappa shape index (κ1) is 17.1. The molecule has 0 unspecified atom stereocenters. The van der Waals surface area contributed by atoms with Gasteiger partial charge in [-0.2, -0.15) is 0 Å². The lowest BCUT2D eigenvalue weighted by Crippen LogP contribution is -2.56. The quantitative estimate of drug-likeness (QED) is 0.493. The predicted molar refractivity (Wildman–Crippen MR) is 76.6 cm³/mol. The number of alkyl halides is 1. The zero-order valence-electron chi connectivity index (χ0n) is 12.5. The summed E-state index contributed by atoms with van der Waals surface area (Å²) in [5.74, 6) is -0.472. The molecule has 0 radical (unpaired) electrons. The monoisotopic (exact) mass is 305 g/mol. The van der Waals surface area contributed by atoms with Gasteiger partial charge in [0, 0.05) is 0 Å². The molecular formula is C14H24ClNO4. The van der Waals surface area contributed by atoms with Gasteiger partial charge >= 0.3 is 12.1 Å². The molecular weight excluding hydrogens is 282 g/mol. The van der Waals surface area contributed by atoms with Gasteiger partial charge in [-0.25, -0.2) is 9.59 Å². The Hall–Kier alpha value is -0.970. The van der Waals surface area contributed by atoms with Gasteiger partial charge in [0.15, 0.2) is 6.07 Å². The molecule has 1 N–H and O–H groups in total. The molecule has 1 aliphatic rings. The molecule has 20 heavy (non-hydrogen) atoms. The van der Waals surface area contributed by atoms with Crippen LogP contribution in [0.5, 0.6) is 0 Å². The summed E-state index contributed by atoms with van der Waals surface area (Å²) in [6.45, 7) is 5.34. The number of alkyl carbamates (subject to hydrolysis) is 1. The van der Waals surface area contributed by atoms with Crippen LogP contribution in [0.4, 0.5) is 4.79 Å². The van der Waals surface area contributed by atoms with Crippen LogP contribution in [0.25, 0.3) is 0 Å².